The maximum atomic E-state index is 10.3. The summed E-state index contributed by atoms with van der Waals surface area (Å²) in [5.74, 6) is -3.71. The van der Waals surface area contributed by atoms with E-state index in [1.54, 1.807) is 0 Å². The Bertz CT molecular complexity index is 638. The predicted molar refractivity (Wildman–Crippen MR) is 70.1 cm³/mol. The molecule has 3 aliphatic heterocycles. The summed E-state index contributed by atoms with van der Waals surface area (Å²) < 4.78 is 12.0. The zero-order valence-corrected chi connectivity index (χ0v) is 12.1. The number of halogens is 1. The zero-order valence-electron chi connectivity index (χ0n) is 11.4. The fourth-order valence-corrected chi connectivity index (χ4v) is 1.20. The second-order valence-corrected chi connectivity index (χ2v) is 4.22. The van der Waals surface area contributed by atoms with E-state index in [0.717, 1.165) is 18.2 Å². The van der Waals surface area contributed by atoms with Crippen molar-refractivity contribution in [2.75, 3.05) is 0 Å². The van der Waals surface area contributed by atoms with Crippen LogP contribution in [-0.2, 0) is 43.0 Å². The van der Waals surface area contributed by atoms with Crippen LogP contribution in [0.25, 0.3) is 0 Å². The Hall–Kier alpha value is -3.07. The number of carbonyl (C=O) groups is 6. The Labute approximate surface area is 133 Å². The molecule has 3 heterocycles. The first-order valence-electron chi connectivity index (χ1n) is 5.70. The molecule has 0 saturated heterocycles. The summed E-state index contributed by atoms with van der Waals surface area (Å²) >= 11 is 5.12. The maximum absolute atomic E-state index is 10.3. The van der Waals surface area contributed by atoms with Crippen molar-refractivity contribution >= 4 is 47.4 Å². The van der Waals surface area contributed by atoms with Gasteiger partial charge in [0.2, 0.25) is 0 Å². The molecule has 0 aromatic carbocycles. The molecule has 3 aliphatic rings. The molecule has 0 spiro atoms. The van der Waals surface area contributed by atoms with E-state index >= 15 is 0 Å². The minimum atomic E-state index is -0.767. The molecular weight excluding hydrogens is 336 g/mol. The van der Waals surface area contributed by atoms with Crippen molar-refractivity contribution in [1.29, 1.82) is 0 Å². The first kappa shape index (κ1) is 18.0. The van der Waals surface area contributed by atoms with Crippen molar-refractivity contribution in [3.8, 4) is 0 Å². The summed E-state index contributed by atoms with van der Waals surface area (Å²) in [7, 11) is 0. The number of esters is 6. The van der Waals surface area contributed by atoms with E-state index in [-0.39, 0.29) is 5.03 Å². The maximum Gasteiger partial charge on any atom is 0.357 e. The SMILES string of the molecule is CC1=CC(=O)OC1=O.O=C1C=C(Cl)C(=O)O1.O=C1C=CC(=O)O1. The van der Waals surface area contributed by atoms with Crippen LogP contribution >= 0.6 is 11.6 Å². The second-order valence-electron chi connectivity index (χ2n) is 3.81. The molecule has 23 heavy (non-hydrogen) atoms. The van der Waals surface area contributed by atoms with E-state index in [2.05, 4.69) is 14.2 Å². The lowest BCUT2D eigenvalue weighted by Gasteiger charge is -1.83. The van der Waals surface area contributed by atoms with Crippen molar-refractivity contribution in [2.24, 2.45) is 0 Å². The summed E-state index contributed by atoms with van der Waals surface area (Å²) in [6, 6.07) is 0. The summed E-state index contributed by atoms with van der Waals surface area (Å²) in [5, 5.41) is -0.157. The van der Waals surface area contributed by atoms with E-state index in [4.69, 9.17) is 11.6 Å². The molecular formula is C13H7ClO9. The highest BCUT2D eigenvalue weighted by molar-refractivity contribution is 6.44. The number of hydrogen-bond acceptors (Lipinski definition) is 9. The fraction of sp³-hybridized carbons (Fsp3) is 0.0769. The second kappa shape index (κ2) is 7.80. The van der Waals surface area contributed by atoms with Crippen LogP contribution < -0.4 is 0 Å². The first-order chi connectivity index (χ1) is 10.7. The molecule has 0 unspecified atom stereocenters. The van der Waals surface area contributed by atoms with Gasteiger partial charge in [-0.15, -0.1) is 0 Å². The molecule has 120 valence electrons. The molecule has 0 radical (unpaired) electrons. The van der Waals surface area contributed by atoms with Crippen molar-refractivity contribution in [2.45, 2.75) is 6.92 Å². The van der Waals surface area contributed by atoms with E-state index in [1.165, 1.54) is 13.0 Å². The Kier molecular flexibility index (Phi) is 6.10. The van der Waals surface area contributed by atoms with Gasteiger partial charge in [0.1, 0.15) is 5.03 Å². The summed E-state index contributed by atoms with van der Waals surface area (Å²) in [6.45, 7) is 1.53. The lowest BCUT2D eigenvalue weighted by Crippen LogP contribution is -1.99. The van der Waals surface area contributed by atoms with Gasteiger partial charge in [-0.2, -0.15) is 0 Å². The summed E-state index contributed by atoms with van der Waals surface area (Å²) in [4.78, 5) is 60.5. The van der Waals surface area contributed by atoms with E-state index in [1.807, 2.05) is 0 Å². The monoisotopic (exact) mass is 342 g/mol. The van der Waals surface area contributed by atoms with Crippen LogP contribution in [0.15, 0.2) is 34.9 Å². The minimum Gasteiger partial charge on any atom is -0.387 e. The highest BCUT2D eigenvalue weighted by Crippen LogP contribution is 2.10. The molecule has 3 rings (SSSR count). The van der Waals surface area contributed by atoms with Gasteiger partial charge in [-0.05, 0) is 6.92 Å². The topological polar surface area (TPSA) is 130 Å². The number of hydrogen-bond donors (Lipinski definition) is 0. The average Bonchev–Trinajstić information content (AvgIpc) is 3.04. The van der Waals surface area contributed by atoms with Gasteiger partial charge in [-0.1, -0.05) is 11.6 Å². The zero-order chi connectivity index (χ0) is 17.6. The highest BCUT2D eigenvalue weighted by atomic mass is 35.5. The number of cyclic esters (lactones) is 6. The van der Waals surface area contributed by atoms with Gasteiger partial charge in [0.05, 0.1) is 0 Å². The van der Waals surface area contributed by atoms with Crippen LogP contribution in [0.3, 0.4) is 0 Å². The molecule has 0 amide bonds. The molecule has 0 aromatic heterocycles. The summed E-state index contributed by atoms with van der Waals surface area (Å²) in [6.07, 6.45) is 4.27. The Morgan fingerprint density at radius 1 is 0.696 bits per heavy atom. The molecule has 0 saturated carbocycles. The molecule has 0 aromatic rings. The number of ether oxygens (including phenoxy) is 3. The predicted octanol–water partition coefficient (Wildman–Crippen LogP) is -0.165. The third kappa shape index (κ3) is 6.06. The van der Waals surface area contributed by atoms with Crippen molar-refractivity contribution < 1.29 is 43.0 Å². The Balaban J connectivity index is 0.000000173. The first-order valence-corrected chi connectivity index (χ1v) is 6.08. The Morgan fingerprint density at radius 2 is 1.17 bits per heavy atom. The fourth-order valence-electron chi connectivity index (χ4n) is 1.07. The number of rotatable bonds is 0. The molecule has 0 aliphatic carbocycles. The normalized spacial score (nSPS) is 18.2. The highest BCUT2D eigenvalue weighted by Gasteiger charge is 2.21. The molecule has 0 N–H and O–H groups in total. The Morgan fingerprint density at radius 3 is 1.30 bits per heavy atom. The van der Waals surface area contributed by atoms with Gasteiger partial charge in [-0.3, -0.25) is 0 Å². The molecule has 9 nitrogen and oxygen atoms in total. The third-order valence-electron chi connectivity index (χ3n) is 2.04. The molecule has 10 heteroatoms. The molecule has 0 atom stereocenters. The van der Waals surface area contributed by atoms with Crippen molar-refractivity contribution in [1.82, 2.24) is 0 Å². The standard InChI is InChI=1S/C5H4O3.C4HClO3.C4H2O3/c1-3-2-4(6)8-5(3)7;5-2-1-3(6)8-4(2)7;5-3-1-2-4(6)7-3/h2H,1H3;1H;1-2H. The van der Waals surface area contributed by atoms with E-state index in [0.29, 0.717) is 5.57 Å². The number of carbonyl (C=O) groups excluding carboxylic acids is 6. The van der Waals surface area contributed by atoms with Gasteiger partial charge < -0.3 is 14.2 Å². The van der Waals surface area contributed by atoms with E-state index < -0.39 is 35.8 Å². The van der Waals surface area contributed by atoms with Crippen LogP contribution in [0.4, 0.5) is 0 Å². The van der Waals surface area contributed by atoms with Crippen LogP contribution in [0.1, 0.15) is 6.92 Å². The van der Waals surface area contributed by atoms with Crippen LogP contribution in [0.2, 0.25) is 0 Å². The van der Waals surface area contributed by atoms with Crippen LogP contribution in [-0.4, -0.2) is 35.8 Å². The van der Waals surface area contributed by atoms with Crippen LogP contribution in [0.5, 0.6) is 0 Å². The molecule has 0 fully saturated rings. The largest absolute Gasteiger partial charge is 0.387 e. The lowest BCUT2D eigenvalue weighted by atomic mass is 10.3. The van der Waals surface area contributed by atoms with Gasteiger partial charge in [-0.25, -0.2) is 28.8 Å². The van der Waals surface area contributed by atoms with Crippen molar-refractivity contribution in [3.63, 3.8) is 0 Å². The van der Waals surface area contributed by atoms with Crippen LogP contribution in [0, 0.1) is 0 Å². The average molecular weight is 343 g/mol. The molecule has 0 bridgehead atoms. The van der Waals surface area contributed by atoms with Gasteiger partial charge in [0.25, 0.3) is 0 Å². The lowest BCUT2D eigenvalue weighted by molar-refractivity contribution is -0.152. The third-order valence-corrected chi connectivity index (χ3v) is 2.30. The van der Waals surface area contributed by atoms with Gasteiger partial charge in [0.15, 0.2) is 0 Å². The van der Waals surface area contributed by atoms with Gasteiger partial charge >= 0.3 is 35.8 Å². The van der Waals surface area contributed by atoms with E-state index in [9.17, 15) is 28.8 Å². The smallest absolute Gasteiger partial charge is 0.357 e. The quantitative estimate of drug-likeness (QED) is 0.334. The summed E-state index contributed by atoms with van der Waals surface area (Å²) in [5.41, 5.74) is 0.370. The van der Waals surface area contributed by atoms with Crippen molar-refractivity contribution in [3.05, 3.63) is 34.9 Å². The minimum absolute atomic E-state index is 0.157. The van der Waals surface area contributed by atoms with Gasteiger partial charge in [0, 0.05) is 29.9 Å².